The maximum Gasteiger partial charge on any atom is 0.223 e. The number of amides is 1. The van der Waals surface area contributed by atoms with Gasteiger partial charge in [0.2, 0.25) is 5.91 Å². The molecule has 0 spiro atoms. The monoisotopic (exact) mass is 528 g/mol. The largest absolute Gasteiger partial charge is 0.491 e. The van der Waals surface area contributed by atoms with Crippen molar-refractivity contribution >= 4 is 17.3 Å². The molecule has 2 aliphatic rings. The predicted octanol–water partition coefficient (Wildman–Crippen LogP) is 6.07. The fraction of sp³-hybridized carbons (Fsp3) is 0.552. The van der Waals surface area contributed by atoms with Gasteiger partial charge in [0.15, 0.2) is 17.4 Å². The molecule has 2 aromatic carbocycles. The van der Waals surface area contributed by atoms with E-state index in [1.807, 2.05) is 30.9 Å². The van der Waals surface area contributed by atoms with E-state index in [0.29, 0.717) is 43.5 Å². The molecule has 2 saturated heterocycles. The first kappa shape index (κ1) is 28.0. The lowest BCUT2D eigenvalue weighted by Crippen LogP contribution is -2.43. The Labute approximate surface area is 223 Å². The number of nitroso groups, excluding NO2 is 1. The molecule has 0 bridgehead atoms. The van der Waals surface area contributed by atoms with E-state index in [2.05, 4.69) is 15.4 Å². The fourth-order valence-corrected chi connectivity index (χ4v) is 5.23. The lowest BCUT2D eigenvalue weighted by molar-refractivity contribution is -0.132. The topological polar surface area (TPSA) is 74.2 Å². The standard InChI is InChI=1S/C29H38F2N4O3/c1-20(2)19-38-28-18-24(4-6-27(28)33-37)32-23-9-15-35(16-10-23)29(36)11-14-34-12-7-21(8-13-34)22-3-5-25(30)26(31)17-22/h3-6,17-18,20-21,23,32H,7-16,19H2,1-2H3. The second-order valence-electron chi connectivity index (χ2n) is 10.8. The number of nitrogens with zero attached hydrogens (tertiary/aromatic N) is 3. The van der Waals surface area contributed by atoms with E-state index in [1.54, 1.807) is 12.1 Å². The van der Waals surface area contributed by atoms with Gasteiger partial charge in [-0.05, 0) is 85.6 Å². The molecule has 0 aliphatic carbocycles. The van der Waals surface area contributed by atoms with Crippen LogP contribution in [0.15, 0.2) is 41.6 Å². The van der Waals surface area contributed by atoms with Crippen molar-refractivity contribution in [1.29, 1.82) is 0 Å². The third kappa shape index (κ3) is 7.49. The van der Waals surface area contributed by atoms with Gasteiger partial charge in [0.25, 0.3) is 0 Å². The summed E-state index contributed by atoms with van der Waals surface area (Å²) in [6, 6.07) is 9.77. The molecule has 2 fully saturated rings. The van der Waals surface area contributed by atoms with Crippen molar-refractivity contribution in [3.05, 3.63) is 58.5 Å². The minimum atomic E-state index is -0.809. The van der Waals surface area contributed by atoms with E-state index < -0.39 is 11.6 Å². The molecule has 1 amide bonds. The Bertz CT molecular complexity index is 1100. The van der Waals surface area contributed by atoms with Gasteiger partial charge in [0, 0.05) is 43.9 Å². The van der Waals surface area contributed by atoms with Crippen molar-refractivity contribution in [2.45, 2.75) is 57.9 Å². The smallest absolute Gasteiger partial charge is 0.223 e. The molecule has 0 aromatic heterocycles. The molecule has 9 heteroatoms. The van der Waals surface area contributed by atoms with Gasteiger partial charge in [0.1, 0.15) is 5.69 Å². The molecule has 0 unspecified atom stereocenters. The number of halogens is 2. The van der Waals surface area contributed by atoms with Crippen LogP contribution in [-0.2, 0) is 4.79 Å². The number of hydrogen-bond acceptors (Lipinski definition) is 6. The molecule has 38 heavy (non-hydrogen) atoms. The number of rotatable bonds is 10. The number of anilines is 1. The van der Waals surface area contributed by atoms with E-state index in [9.17, 15) is 18.5 Å². The summed E-state index contributed by atoms with van der Waals surface area (Å²) in [5.74, 6) is -0.365. The summed E-state index contributed by atoms with van der Waals surface area (Å²) in [7, 11) is 0. The van der Waals surface area contributed by atoms with Crippen LogP contribution in [0.5, 0.6) is 5.75 Å². The first-order chi connectivity index (χ1) is 18.3. The summed E-state index contributed by atoms with van der Waals surface area (Å²) >= 11 is 0. The van der Waals surface area contributed by atoms with Crippen LogP contribution in [0.25, 0.3) is 0 Å². The van der Waals surface area contributed by atoms with Crippen LogP contribution >= 0.6 is 0 Å². The highest BCUT2D eigenvalue weighted by atomic mass is 19.2. The Hall–Kier alpha value is -3.07. The third-order valence-electron chi connectivity index (χ3n) is 7.49. The number of ether oxygens (including phenoxy) is 1. The van der Waals surface area contributed by atoms with Crippen LogP contribution < -0.4 is 10.1 Å². The van der Waals surface area contributed by atoms with Gasteiger partial charge in [0.05, 0.1) is 6.61 Å². The van der Waals surface area contributed by atoms with Crippen molar-refractivity contribution in [3.63, 3.8) is 0 Å². The Kier molecular flexibility index (Phi) is 9.66. The van der Waals surface area contributed by atoms with E-state index in [0.717, 1.165) is 56.6 Å². The van der Waals surface area contributed by atoms with E-state index in [4.69, 9.17) is 4.74 Å². The van der Waals surface area contributed by atoms with Crippen molar-refractivity contribution in [1.82, 2.24) is 9.80 Å². The zero-order valence-electron chi connectivity index (χ0n) is 22.3. The van der Waals surface area contributed by atoms with Gasteiger partial charge >= 0.3 is 0 Å². The molecule has 206 valence electrons. The maximum absolute atomic E-state index is 13.6. The highest BCUT2D eigenvalue weighted by molar-refractivity contribution is 5.76. The zero-order chi connectivity index (χ0) is 27.1. The van der Waals surface area contributed by atoms with Gasteiger partial charge in [-0.2, -0.15) is 0 Å². The average Bonchev–Trinajstić information content (AvgIpc) is 2.93. The first-order valence-electron chi connectivity index (χ1n) is 13.6. The van der Waals surface area contributed by atoms with E-state index in [-0.39, 0.29) is 17.9 Å². The SMILES string of the molecule is CC(C)COc1cc(NC2CCN(C(=O)CCN3CCC(c4ccc(F)c(F)c4)CC3)CC2)ccc1N=O. The minimum absolute atomic E-state index is 0.178. The van der Waals surface area contributed by atoms with Crippen molar-refractivity contribution in [2.24, 2.45) is 11.1 Å². The van der Waals surface area contributed by atoms with E-state index in [1.165, 1.54) is 12.1 Å². The Morgan fingerprint density at radius 2 is 1.76 bits per heavy atom. The van der Waals surface area contributed by atoms with Crippen LogP contribution in [0.2, 0.25) is 0 Å². The minimum Gasteiger partial charge on any atom is -0.491 e. The molecule has 2 heterocycles. The Morgan fingerprint density at radius 3 is 2.42 bits per heavy atom. The fourth-order valence-electron chi connectivity index (χ4n) is 5.23. The number of carbonyl (C=O) groups excluding carboxylic acids is 1. The summed E-state index contributed by atoms with van der Waals surface area (Å²) < 4.78 is 32.6. The second kappa shape index (κ2) is 13.1. The molecule has 7 nitrogen and oxygen atoms in total. The molecular weight excluding hydrogens is 490 g/mol. The zero-order valence-corrected chi connectivity index (χ0v) is 22.3. The molecule has 1 N–H and O–H groups in total. The summed E-state index contributed by atoms with van der Waals surface area (Å²) in [5, 5.41) is 6.58. The number of hydrogen-bond donors (Lipinski definition) is 1. The van der Waals surface area contributed by atoms with Crippen molar-refractivity contribution in [2.75, 3.05) is 44.6 Å². The van der Waals surface area contributed by atoms with Gasteiger partial charge < -0.3 is 19.9 Å². The number of piperidine rings is 2. The van der Waals surface area contributed by atoms with Gasteiger partial charge in [-0.15, -0.1) is 4.91 Å². The van der Waals surface area contributed by atoms with Gasteiger partial charge in [-0.1, -0.05) is 19.9 Å². The van der Waals surface area contributed by atoms with Crippen molar-refractivity contribution < 1.29 is 18.3 Å². The first-order valence-corrected chi connectivity index (χ1v) is 13.6. The molecule has 0 radical (unpaired) electrons. The highest BCUT2D eigenvalue weighted by Gasteiger charge is 2.25. The summed E-state index contributed by atoms with van der Waals surface area (Å²) in [5.41, 5.74) is 2.03. The highest BCUT2D eigenvalue weighted by Crippen LogP contribution is 2.32. The maximum atomic E-state index is 13.6. The molecule has 4 rings (SSSR count). The lowest BCUT2D eigenvalue weighted by Gasteiger charge is -2.35. The lowest BCUT2D eigenvalue weighted by atomic mass is 9.89. The van der Waals surface area contributed by atoms with Crippen LogP contribution in [0, 0.1) is 22.5 Å². The van der Waals surface area contributed by atoms with Crippen LogP contribution in [-0.4, -0.2) is 61.1 Å². The number of carbonyl (C=O) groups is 1. The molecule has 2 aliphatic heterocycles. The van der Waals surface area contributed by atoms with Crippen LogP contribution in [0.3, 0.4) is 0 Å². The number of likely N-dealkylation sites (tertiary alicyclic amines) is 2. The Morgan fingerprint density at radius 1 is 1.03 bits per heavy atom. The van der Waals surface area contributed by atoms with Gasteiger partial charge in [-0.3, -0.25) is 4.79 Å². The average molecular weight is 529 g/mol. The van der Waals surface area contributed by atoms with E-state index >= 15 is 0 Å². The second-order valence-corrected chi connectivity index (χ2v) is 10.8. The molecular formula is C29H38F2N4O3. The molecule has 0 atom stereocenters. The molecule has 0 saturated carbocycles. The number of nitrogens with one attached hydrogen (secondary N) is 1. The molecule has 2 aromatic rings. The normalized spacial score (nSPS) is 17.6. The quantitative estimate of drug-likeness (QED) is 0.379. The predicted molar refractivity (Wildman–Crippen MR) is 145 cm³/mol. The summed E-state index contributed by atoms with van der Waals surface area (Å²) in [6.07, 6.45) is 3.95. The van der Waals surface area contributed by atoms with Crippen molar-refractivity contribution in [3.8, 4) is 5.75 Å². The van der Waals surface area contributed by atoms with Gasteiger partial charge in [-0.25, -0.2) is 8.78 Å². The summed E-state index contributed by atoms with van der Waals surface area (Å²) in [6.45, 7) is 8.45. The van der Waals surface area contributed by atoms with Crippen LogP contribution in [0.1, 0.15) is 57.4 Å². The third-order valence-corrected chi connectivity index (χ3v) is 7.49. The summed E-state index contributed by atoms with van der Waals surface area (Å²) in [4.78, 5) is 28.2. The Balaban J connectivity index is 1.18. The number of benzene rings is 2. The van der Waals surface area contributed by atoms with Crippen LogP contribution in [0.4, 0.5) is 20.2 Å².